The number of fused-ring (bicyclic) bond motifs is 2. The van der Waals surface area contributed by atoms with Crippen LogP contribution < -0.4 is 10.1 Å². The summed E-state index contributed by atoms with van der Waals surface area (Å²) in [7, 11) is 0. The number of hydrogen-bond acceptors (Lipinski definition) is 7. The Morgan fingerprint density at radius 1 is 1.06 bits per heavy atom. The maximum atomic E-state index is 13.4. The predicted molar refractivity (Wildman–Crippen MR) is 140 cm³/mol. The van der Waals surface area contributed by atoms with Crippen LogP contribution in [0.4, 0.5) is 5.13 Å². The van der Waals surface area contributed by atoms with Crippen LogP contribution in [0.25, 0.3) is 11.3 Å². The Morgan fingerprint density at radius 2 is 1.81 bits per heavy atom. The molecule has 0 bridgehead atoms. The van der Waals surface area contributed by atoms with Crippen LogP contribution >= 0.6 is 11.3 Å². The molecule has 1 unspecified atom stereocenters. The first kappa shape index (κ1) is 24.1. The van der Waals surface area contributed by atoms with Crippen molar-refractivity contribution < 1.29 is 14.6 Å². The zero-order valence-electron chi connectivity index (χ0n) is 20.6. The van der Waals surface area contributed by atoms with E-state index in [0.29, 0.717) is 16.8 Å². The van der Waals surface area contributed by atoms with E-state index in [1.54, 1.807) is 5.51 Å². The molecule has 2 aromatic heterocycles. The smallest absolute Gasteiger partial charge is 0.232 e. The number of rotatable bonds is 6. The van der Waals surface area contributed by atoms with Crippen LogP contribution in [0.1, 0.15) is 56.4 Å². The number of benzene rings is 2. The predicted octanol–water partition coefficient (Wildman–Crippen LogP) is 6.19. The number of pyridine rings is 1. The van der Waals surface area contributed by atoms with E-state index in [9.17, 15) is 9.90 Å². The van der Waals surface area contributed by atoms with E-state index in [1.807, 2.05) is 88.4 Å². The number of hydrogen-bond donors (Lipinski definition) is 2. The minimum atomic E-state index is -0.835. The fourth-order valence-electron chi connectivity index (χ4n) is 4.63. The number of aliphatic hydroxyl groups is 1. The maximum absolute atomic E-state index is 13.4. The molecule has 0 radical (unpaired) electrons. The van der Waals surface area contributed by atoms with E-state index in [-0.39, 0.29) is 17.7 Å². The number of aromatic nitrogens is 3. The molecule has 0 spiro atoms. The summed E-state index contributed by atoms with van der Waals surface area (Å²) in [5.74, 6) is 0.868. The summed E-state index contributed by atoms with van der Waals surface area (Å²) in [5.41, 5.74) is 5.09. The SMILES string of the molecule is CC(C)C(O)c1ccc(-c2ccc3c(n2)Oc2ccccc2[C@@H]3C(C)(C)C(=O)Nc2nncs2)cc1. The van der Waals surface area contributed by atoms with Gasteiger partial charge in [0.15, 0.2) is 0 Å². The molecule has 3 heterocycles. The number of ether oxygens (including phenoxy) is 1. The lowest BCUT2D eigenvalue weighted by molar-refractivity contribution is -0.124. The standard InChI is InChI=1S/C28H28N4O3S/c1-16(2)24(33)18-11-9-17(10-12-18)21-14-13-20-23(19-7-5-6-8-22(19)35-25(20)30-21)28(3,4)26(34)31-27-32-29-15-36-27/h5-16,23-24,33H,1-4H3,(H,31,32,34)/t23-,24?/m0/s1. The average Bonchev–Trinajstić information content (AvgIpc) is 3.39. The number of carbonyl (C=O) groups excluding carboxylic acids is 1. The van der Waals surface area contributed by atoms with Crippen molar-refractivity contribution >= 4 is 22.4 Å². The van der Waals surface area contributed by atoms with Crippen molar-refractivity contribution in [3.05, 3.63) is 82.9 Å². The molecule has 0 fully saturated rings. The van der Waals surface area contributed by atoms with Gasteiger partial charge in [-0.05, 0) is 23.6 Å². The van der Waals surface area contributed by atoms with E-state index in [0.717, 1.165) is 27.9 Å². The number of anilines is 1. The van der Waals surface area contributed by atoms with Gasteiger partial charge in [-0.3, -0.25) is 4.79 Å². The van der Waals surface area contributed by atoms with Gasteiger partial charge in [0.25, 0.3) is 0 Å². The topological polar surface area (TPSA) is 97.2 Å². The van der Waals surface area contributed by atoms with Gasteiger partial charge in [0.05, 0.1) is 17.2 Å². The van der Waals surface area contributed by atoms with Gasteiger partial charge in [-0.2, -0.15) is 0 Å². The molecule has 2 N–H and O–H groups in total. The number of para-hydroxylation sites is 1. The van der Waals surface area contributed by atoms with Crippen molar-refractivity contribution in [2.24, 2.45) is 11.3 Å². The summed E-state index contributed by atoms with van der Waals surface area (Å²) in [5, 5.41) is 21.5. The molecule has 1 aliphatic heterocycles. The molecular formula is C28H28N4O3S. The van der Waals surface area contributed by atoms with Gasteiger partial charge in [-0.25, -0.2) is 4.98 Å². The summed E-state index contributed by atoms with van der Waals surface area (Å²) in [6.45, 7) is 7.83. The van der Waals surface area contributed by atoms with Gasteiger partial charge in [0.2, 0.25) is 16.9 Å². The van der Waals surface area contributed by atoms with Crippen molar-refractivity contribution in [2.75, 3.05) is 5.32 Å². The molecule has 1 amide bonds. The fourth-order valence-corrected chi connectivity index (χ4v) is 5.07. The normalized spacial score (nSPS) is 15.6. The van der Waals surface area contributed by atoms with Gasteiger partial charge >= 0.3 is 0 Å². The summed E-state index contributed by atoms with van der Waals surface area (Å²) in [4.78, 5) is 18.3. The van der Waals surface area contributed by atoms with E-state index in [1.165, 1.54) is 11.3 Å². The summed E-state index contributed by atoms with van der Waals surface area (Å²) >= 11 is 1.28. The van der Waals surface area contributed by atoms with Gasteiger partial charge in [0, 0.05) is 22.6 Å². The monoisotopic (exact) mass is 500 g/mol. The first-order chi connectivity index (χ1) is 17.3. The second kappa shape index (κ2) is 9.44. The Labute approximate surface area is 214 Å². The first-order valence-corrected chi connectivity index (χ1v) is 12.8. The minimum absolute atomic E-state index is 0.135. The van der Waals surface area contributed by atoms with E-state index in [2.05, 4.69) is 15.5 Å². The highest BCUT2D eigenvalue weighted by Crippen LogP contribution is 2.52. The Hall–Kier alpha value is -3.62. The molecule has 7 nitrogen and oxygen atoms in total. The second-order valence-electron chi connectivity index (χ2n) is 9.89. The molecule has 1 aliphatic rings. The number of aliphatic hydroxyl groups excluding tert-OH is 1. The Bertz CT molecular complexity index is 1380. The van der Waals surface area contributed by atoms with Crippen LogP contribution in [0.5, 0.6) is 11.6 Å². The molecule has 2 atom stereocenters. The van der Waals surface area contributed by atoms with Crippen molar-refractivity contribution in [1.29, 1.82) is 0 Å². The van der Waals surface area contributed by atoms with Gasteiger partial charge in [-0.15, -0.1) is 10.2 Å². The van der Waals surface area contributed by atoms with Gasteiger partial charge in [-0.1, -0.05) is 87.6 Å². The summed E-state index contributed by atoms with van der Waals surface area (Å²) in [6.07, 6.45) is -0.510. The van der Waals surface area contributed by atoms with Crippen LogP contribution in [-0.2, 0) is 4.79 Å². The van der Waals surface area contributed by atoms with Crippen molar-refractivity contribution in [3.8, 4) is 22.9 Å². The molecule has 0 saturated carbocycles. The fraction of sp³-hybridized carbons (Fsp3) is 0.286. The molecule has 5 rings (SSSR count). The average molecular weight is 501 g/mol. The maximum Gasteiger partial charge on any atom is 0.232 e. The van der Waals surface area contributed by atoms with Gasteiger partial charge in [0.1, 0.15) is 11.3 Å². The van der Waals surface area contributed by atoms with Gasteiger partial charge < -0.3 is 15.2 Å². The summed E-state index contributed by atoms with van der Waals surface area (Å²) < 4.78 is 6.24. The molecule has 2 aromatic carbocycles. The van der Waals surface area contributed by atoms with Crippen LogP contribution in [0.15, 0.2) is 66.2 Å². The molecule has 0 aliphatic carbocycles. The molecule has 8 heteroatoms. The number of nitrogens with zero attached hydrogens (tertiary/aromatic N) is 3. The third-order valence-electron chi connectivity index (χ3n) is 6.70. The molecule has 36 heavy (non-hydrogen) atoms. The third-order valence-corrected chi connectivity index (χ3v) is 7.31. The van der Waals surface area contributed by atoms with Crippen LogP contribution in [-0.4, -0.2) is 26.2 Å². The lowest BCUT2D eigenvalue weighted by Crippen LogP contribution is -2.38. The third kappa shape index (κ3) is 4.38. The number of amides is 1. The Kier molecular flexibility index (Phi) is 6.32. The molecular weight excluding hydrogens is 472 g/mol. The van der Waals surface area contributed by atoms with Crippen molar-refractivity contribution in [2.45, 2.75) is 39.7 Å². The molecule has 4 aromatic rings. The van der Waals surface area contributed by atoms with Crippen LogP contribution in [0.2, 0.25) is 0 Å². The Morgan fingerprint density at radius 3 is 2.50 bits per heavy atom. The van der Waals surface area contributed by atoms with Crippen molar-refractivity contribution in [3.63, 3.8) is 0 Å². The lowest BCUT2D eigenvalue weighted by Gasteiger charge is -2.37. The number of carbonyl (C=O) groups is 1. The molecule has 184 valence electrons. The van der Waals surface area contributed by atoms with E-state index in [4.69, 9.17) is 9.72 Å². The quantitative estimate of drug-likeness (QED) is 0.328. The lowest BCUT2D eigenvalue weighted by atomic mass is 9.69. The number of nitrogens with one attached hydrogen (secondary N) is 1. The second-order valence-corrected chi connectivity index (χ2v) is 10.7. The van der Waals surface area contributed by atoms with E-state index < -0.39 is 11.5 Å². The van der Waals surface area contributed by atoms with E-state index >= 15 is 0 Å². The molecule has 0 saturated heterocycles. The highest BCUT2D eigenvalue weighted by Gasteiger charge is 2.44. The van der Waals surface area contributed by atoms with Crippen LogP contribution in [0, 0.1) is 11.3 Å². The first-order valence-electron chi connectivity index (χ1n) is 11.9. The summed E-state index contributed by atoms with van der Waals surface area (Å²) in [6, 6.07) is 19.5. The Balaban J connectivity index is 1.52. The highest BCUT2D eigenvalue weighted by molar-refractivity contribution is 7.13. The van der Waals surface area contributed by atoms with Crippen molar-refractivity contribution in [1.82, 2.24) is 15.2 Å². The minimum Gasteiger partial charge on any atom is -0.438 e. The highest BCUT2D eigenvalue weighted by atomic mass is 32.1. The van der Waals surface area contributed by atoms with Crippen LogP contribution in [0.3, 0.4) is 0 Å². The zero-order chi connectivity index (χ0) is 25.4. The largest absolute Gasteiger partial charge is 0.438 e. The zero-order valence-corrected chi connectivity index (χ0v) is 21.4.